The molecule has 2 saturated heterocycles. The lowest BCUT2D eigenvalue weighted by Crippen LogP contribution is -2.48. The van der Waals surface area contributed by atoms with Crippen molar-refractivity contribution in [2.24, 2.45) is 0 Å². The molecule has 25 heavy (non-hydrogen) atoms. The fraction of sp³-hybridized carbons (Fsp3) is 0.562. The molecule has 2 N–H and O–H groups in total. The number of benzene rings is 1. The van der Waals surface area contributed by atoms with Crippen LogP contribution >= 0.6 is 12.4 Å². The van der Waals surface area contributed by atoms with E-state index < -0.39 is 15.8 Å². The van der Waals surface area contributed by atoms with Gasteiger partial charge in [0.05, 0.1) is 11.9 Å². The SMILES string of the molecule is CN(C(=O)c1ccc(F)c(NS(C)(=O)=O)c1)C1CC2CCC(C1)N2.Cl. The van der Waals surface area contributed by atoms with Gasteiger partial charge in [0.15, 0.2) is 0 Å². The second-order valence-electron chi connectivity index (χ2n) is 6.75. The summed E-state index contributed by atoms with van der Waals surface area (Å²) in [6, 6.07) is 4.81. The summed E-state index contributed by atoms with van der Waals surface area (Å²) in [4.78, 5) is 14.4. The normalized spacial score (nSPS) is 25.2. The van der Waals surface area contributed by atoms with E-state index in [1.165, 1.54) is 12.1 Å². The van der Waals surface area contributed by atoms with Crippen molar-refractivity contribution in [2.45, 2.75) is 43.8 Å². The van der Waals surface area contributed by atoms with Crippen LogP contribution in [-0.2, 0) is 10.0 Å². The number of rotatable bonds is 4. The average molecular weight is 392 g/mol. The van der Waals surface area contributed by atoms with Crippen LogP contribution in [0.1, 0.15) is 36.0 Å². The van der Waals surface area contributed by atoms with Gasteiger partial charge in [0.1, 0.15) is 5.82 Å². The summed E-state index contributed by atoms with van der Waals surface area (Å²) in [5.74, 6) is -0.933. The first-order valence-electron chi connectivity index (χ1n) is 8.03. The van der Waals surface area contributed by atoms with Gasteiger partial charge in [-0.15, -0.1) is 12.4 Å². The molecule has 3 rings (SSSR count). The number of carbonyl (C=O) groups is 1. The topological polar surface area (TPSA) is 78.5 Å². The molecule has 6 nitrogen and oxygen atoms in total. The first-order chi connectivity index (χ1) is 11.2. The molecule has 0 spiro atoms. The summed E-state index contributed by atoms with van der Waals surface area (Å²) in [7, 11) is -1.86. The number of halogens is 2. The summed E-state index contributed by atoms with van der Waals surface area (Å²) in [6.45, 7) is 0. The van der Waals surface area contributed by atoms with Crippen LogP contribution in [0.2, 0.25) is 0 Å². The Hall–Kier alpha value is -1.38. The molecule has 2 fully saturated rings. The molecule has 2 atom stereocenters. The summed E-state index contributed by atoms with van der Waals surface area (Å²) in [5, 5.41) is 3.53. The van der Waals surface area contributed by atoms with Crippen LogP contribution in [0.5, 0.6) is 0 Å². The molecule has 140 valence electrons. The molecule has 1 amide bonds. The van der Waals surface area contributed by atoms with E-state index in [9.17, 15) is 17.6 Å². The minimum atomic E-state index is -3.61. The third-order valence-corrected chi connectivity index (χ3v) is 5.42. The Morgan fingerprint density at radius 3 is 2.44 bits per heavy atom. The van der Waals surface area contributed by atoms with Gasteiger partial charge in [-0.25, -0.2) is 12.8 Å². The molecule has 2 aliphatic rings. The molecule has 0 radical (unpaired) electrons. The van der Waals surface area contributed by atoms with Crippen molar-refractivity contribution in [3.63, 3.8) is 0 Å². The average Bonchev–Trinajstić information content (AvgIpc) is 2.85. The van der Waals surface area contributed by atoms with Crippen molar-refractivity contribution in [3.8, 4) is 0 Å². The molecule has 0 saturated carbocycles. The van der Waals surface area contributed by atoms with Crippen molar-refractivity contribution in [2.75, 3.05) is 18.0 Å². The van der Waals surface area contributed by atoms with Gasteiger partial charge in [-0.1, -0.05) is 0 Å². The molecule has 9 heteroatoms. The van der Waals surface area contributed by atoms with E-state index in [1.54, 1.807) is 11.9 Å². The van der Waals surface area contributed by atoms with Gasteiger partial charge in [0.25, 0.3) is 5.91 Å². The van der Waals surface area contributed by atoms with Crippen LogP contribution in [0, 0.1) is 5.82 Å². The quantitative estimate of drug-likeness (QED) is 0.822. The molecule has 0 aromatic heterocycles. The monoisotopic (exact) mass is 391 g/mol. The van der Waals surface area contributed by atoms with Crippen LogP contribution in [-0.4, -0.2) is 50.7 Å². The number of nitrogens with zero attached hydrogens (tertiary/aromatic N) is 1. The molecule has 1 aromatic carbocycles. The van der Waals surface area contributed by atoms with Crippen molar-refractivity contribution in [3.05, 3.63) is 29.6 Å². The second kappa shape index (κ2) is 7.47. The van der Waals surface area contributed by atoms with Gasteiger partial charge in [0.2, 0.25) is 10.0 Å². The Balaban J connectivity index is 0.00000225. The first kappa shape index (κ1) is 19.9. The predicted octanol–water partition coefficient (Wildman–Crippen LogP) is 1.97. The summed E-state index contributed by atoms with van der Waals surface area (Å²) in [6.07, 6.45) is 5.05. The van der Waals surface area contributed by atoms with Gasteiger partial charge in [-0.2, -0.15) is 0 Å². The maximum Gasteiger partial charge on any atom is 0.253 e. The standard InChI is InChI=1S/C16H22FN3O3S.ClH/c1-20(13-8-11-4-5-12(9-13)18-11)16(21)10-3-6-14(17)15(7-10)19-24(2,22)23;/h3,6-7,11-13,18-19H,4-5,8-9H2,1-2H3;1H. The first-order valence-corrected chi connectivity index (χ1v) is 9.92. The predicted molar refractivity (Wildman–Crippen MR) is 97.2 cm³/mol. The summed E-state index contributed by atoms with van der Waals surface area (Å²) < 4.78 is 38.5. The molecule has 2 heterocycles. The van der Waals surface area contributed by atoms with Gasteiger partial charge >= 0.3 is 0 Å². The van der Waals surface area contributed by atoms with E-state index in [0.29, 0.717) is 12.1 Å². The number of hydrogen-bond acceptors (Lipinski definition) is 4. The van der Waals surface area contributed by atoms with E-state index in [-0.39, 0.29) is 35.6 Å². The molecule has 2 unspecified atom stereocenters. The van der Waals surface area contributed by atoms with Gasteiger partial charge < -0.3 is 10.2 Å². The molecule has 1 aromatic rings. The highest BCUT2D eigenvalue weighted by molar-refractivity contribution is 7.92. The van der Waals surface area contributed by atoms with E-state index in [1.807, 2.05) is 0 Å². The van der Waals surface area contributed by atoms with Crippen LogP contribution < -0.4 is 10.0 Å². The minimum absolute atomic E-state index is 0. The highest BCUT2D eigenvalue weighted by Gasteiger charge is 2.36. The van der Waals surface area contributed by atoms with Crippen molar-refractivity contribution < 1.29 is 17.6 Å². The zero-order valence-electron chi connectivity index (χ0n) is 14.2. The number of fused-ring (bicyclic) bond motifs is 2. The number of nitrogens with one attached hydrogen (secondary N) is 2. The van der Waals surface area contributed by atoms with E-state index in [0.717, 1.165) is 38.0 Å². The Labute approximate surface area is 153 Å². The van der Waals surface area contributed by atoms with Gasteiger partial charge in [0, 0.05) is 30.7 Å². The highest BCUT2D eigenvalue weighted by atomic mass is 35.5. The highest BCUT2D eigenvalue weighted by Crippen LogP contribution is 2.30. The number of piperidine rings is 1. The third-order valence-electron chi connectivity index (χ3n) is 4.82. The fourth-order valence-electron chi connectivity index (χ4n) is 3.65. The molecular formula is C16H23ClFN3O3S. The summed E-state index contributed by atoms with van der Waals surface area (Å²) >= 11 is 0. The number of hydrogen-bond donors (Lipinski definition) is 2. The van der Waals surface area contributed by atoms with Crippen LogP contribution in [0.4, 0.5) is 10.1 Å². The van der Waals surface area contributed by atoms with E-state index >= 15 is 0 Å². The Kier molecular flexibility index (Phi) is 5.96. The second-order valence-corrected chi connectivity index (χ2v) is 8.50. The minimum Gasteiger partial charge on any atom is -0.339 e. The largest absolute Gasteiger partial charge is 0.339 e. The lowest BCUT2D eigenvalue weighted by atomic mass is 9.98. The third kappa shape index (κ3) is 4.62. The summed E-state index contributed by atoms with van der Waals surface area (Å²) in [5.41, 5.74) is 0.0676. The van der Waals surface area contributed by atoms with Gasteiger partial charge in [-0.05, 0) is 43.9 Å². The number of anilines is 1. The maximum atomic E-state index is 13.8. The van der Waals surface area contributed by atoms with Crippen molar-refractivity contribution in [1.82, 2.24) is 10.2 Å². The molecule has 0 aliphatic carbocycles. The van der Waals surface area contributed by atoms with Crippen molar-refractivity contribution in [1.29, 1.82) is 0 Å². The Morgan fingerprint density at radius 1 is 1.28 bits per heavy atom. The molecular weight excluding hydrogens is 369 g/mol. The van der Waals surface area contributed by atoms with Gasteiger partial charge in [-0.3, -0.25) is 9.52 Å². The van der Waals surface area contributed by atoms with E-state index in [4.69, 9.17) is 0 Å². The lowest BCUT2D eigenvalue weighted by molar-refractivity contribution is 0.0681. The van der Waals surface area contributed by atoms with Crippen LogP contribution in [0.25, 0.3) is 0 Å². The number of amides is 1. The van der Waals surface area contributed by atoms with Crippen LogP contribution in [0.15, 0.2) is 18.2 Å². The van der Waals surface area contributed by atoms with Crippen molar-refractivity contribution >= 4 is 34.0 Å². The zero-order chi connectivity index (χ0) is 17.5. The smallest absolute Gasteiger partial charge is 0.253 e. The maximum absolute atomic E-state index is 13.8. The van der Waals surface area contributed by atoms with Crippen LogP contribution in [0.3, 0.4) is 0 Å². The molecule has 2 bridgehead atoms. The van der Waals surface area contributed by atoms with E-state index in [2.05, 4.69) is 10.0 Å². The lowest BCUT2D eigenvalue weighted by Gasteiger charge is -2.35. The number of sulfonamides is 1. The number of carbonyl (C=O) groups excluding carboxylic acids is 1. The Morgan fingerprint density at radius 2 is 1.88 bits per heavy atom. The zero-order valence-corrected chi connectivity index (χ0v) is 15.8. The Bertz CT molecular complexity index is 747. The molecule has 2 aliphatic heterocycles. The fourth-order valence-corrected chi connectivity index (χ4v) is 4.21.